The first-order chi connectivity index (χ1) is 10.5. The van der Waals surface area contributed by atoms with Crippen LogP contribution in [-0.2, 0) is 20.9 Å². The Morgan fingerprint density at radius 2 is 2.18 bits per heavy atom. The number of thiophene rings is 1. The first-order valence-electron chi connectivity index (χ1n) is 7.25. The van der Waals surface area contributed by atoms with Crippen molar-refractivity contribution >= 4 is 39.1 Å². The number of methoxy groups -OCH3 is 1. The summed E-state index contributed by atoms with van der Waals surface area (Å²) in [6, 6.07) is 1.97. The molecule has 7 heteroatoms. The molecule has 0 bridgehead atoms. The average molecular weight is 390 g/mol. The molecule has 22 heavy (non-hydrogen) atoms. The summed E-state index contributed by atoms with van der Waals surface area (Å²) in [5, 5.41) is 11.1. The Kier molecular flexibility index (Phi) is 6.40. The molecule has 0 radical (unpaired) electrons. The molecule has 0 unspecified atom stereocenters. The number of nitrogens with zero attached hydrogens (tertiary/aromatic N) is 1. The zero-order valence-electron chi connectivity index (χ0n) is 12.5. The zero-order valence-corrected chi connectivity index (χ0v) is 14.9. The molecule has 0 aliphatic heterocycles. The van der Waals surface area contributed by atoms with Crippen molar-refractivity contribution in [3.63, 3.8) is 0 Å². The number of halogens is 1. The van der Waals surface area contributed by atoms with Gasteiger partial charge in [0.15, 0.2) is 0 Å². The minimum atomic E-state index is -0.792. The van der Waals surface area contributed by atoms with E-state index in [1.165, 1.54) is 0 Å². The van der Waals surface area contributed by atoms with Gasteiger partial charge in [0.25, 0.3) is 0 Å². The van der Waals surface area contributed by atoms with Gasteiger partial charge in [0.1, 0.15) is 0 Å². The highest BCUT2D eigenvalue weighted by atomic mass is 79.9. The predicted octanol–water partition coefficient (Wildman–Crippen LogP) is 2.99. The molecule has 1 heterocycles. The lowest BCUT2D eigenvalue weighted by Crippen LogP contribution is -2.37. The fourth-order valence-electron chi connectivity index (χ4n) is 2.77. The number of carboxylic acid groups (broad SMARTS) is 1. The van der Waals surface area contributed by atoms with Crippen LogP contribution < -0.4 is 0 Å². The fourth-order valence-corrected chi connectivity index (χ4v) is 4.26. The fraction of sp³-hybridized carbons (Fsp3) is 0.600. The molecule has 1 aliphatic carbocycles. The maximum Gasteiger partial charge on any atom is 0.306 e. The molecule has 0 spiro atoms. The van der Waals surface area contributed by atoms with E-state index in [-0.39, 0.29) is 17.7 Å². The van der Waals surface area contributed by atoms with Crippen molar-refractivity contribution in [2.75, 3.05) is 20.3 Å². The maximum absolute atomic E-state index is 12.7. The molecular weight excluding hydrogens is 370 g/mol. The van der Waals surface area contributed by atoms with Crippen LogP contribution >= 0.6 is 27.3 Å². The summed E-state index contributed by atoms with van der Waals surface area (Å²) in [6.07, 6.45) is 1.70. The average Bonchev–Trinajstić information content (AvgIpc) is 3.12. The Bertz CT molecular complexity index is 533. The molecule has 1 amide bonds. The number of carbonyl (C=O) groups is 2. The normalized spacial score (nSPS) is 21.0. The summed E-state index contributed by atoms with van der Waals surface area (Å²) in [6.45, 7) is 1.53. The number of carboxylic acids is 1. The second-order valence-corrected chi connectivity index (χ2v) is 7.34. The Hall–Kier alpha value is -0.920. The van der Waals surface area contributed by atoms with E-state index in [9.17, 15) is 9.59 Å². The minimum Gasteiger partial charge on any atom is -0.481 e. The van der Waals surface area contributed by atoms with Gasteiger partial charge in [-0.2, -0.15) is 0 Å². The second-order valence-electron chi connectivity index (χ2n) is 5.49. The van der Waals surface area contributed by atoms with Crippen LogP contribution in [-0.4, -0.2) is 42.1 Å². The summed E-state index contributed by atoms with van der Waals surface area (Å²) < 4.78 is 6.10. The number of ether oxygens (including phenoxy) is 1. The van der Waals surface area contributed by atoms with E-state index in [1.54, 1.807) is 23.3 Å². The summed E-state index contributed by atoms with van der Waals surface area (Å²) >= 11 is 5.09. The van der Waals surface area contributed by atoms with Crippen molar-refractivity contribution in [1.82, 2.24) is 4.90 Å². The summed E-state index contributed by atoms with van der Waals surface area (Å²) in [5.74, 6) is -1.32. The topological polar surface area (TPSA) is 66.8 Å². The molecule has 122 valence electrons. The van der Waals surface area contributed by atoms with Crippen molar-refractivity contribution in [3.8, 4) is 0 Å². The van der Waals surface area contributed by atoms with E-state index < -0.39 is 5.97 Å². The molecule has 2 rings (SSSR count). The van der Waals surface area contributed by atoms with Crippen LogP contribution in [0.2, 0.25) is 0 Å². The van der Waals surface area contributed by atoms with Crippen LogP contribution in [0.4, 0.5) is 0 Å². The van der Waals surface area contributed by atoms with Gasteiger partial charge in [-0.1, -0.05) is 0 Å². The van der Waals surface area contributed by atoms with Crippen molar-refractivity contribution < 1.29 is 19.4 Å². The monoisotopic (exact) mass is 389 g/mol. The van der Waals surface area contributed by atoms with E-state index in [0.717, 1.165) is 9.35 Å². The molecule has 1 saturated carbocycles. The number of amides is 1. The molecule has 1 aromatic heterocycles. The number of aliphatic carboxylic acids is 1. The first kappa shape index (κ1) is 17.4. The molecule has 0 saturated heterocycles. The number of hydrogen-bond donors (Lipinski definition) is 1. The highest BCUT2D eigenvalue weighted by Gasteiger charge is 2.36. The number of rotatable bonds is 7. The Balaban J connectivity index is 2.03. The minimum absolute atomic E-state index is 0.0427. The zero-order chi connectivity index (χ0) is 16.1. The van der Waals surface area contributed by atoms with Gasteiger partial charge in [-0.05, 0) is 46.6 Å². The highest BCUT2D eigenvalue weighted by molar-refractivity contribution is 9.10. The van der Waals surface area contributed by atoms with Gasteiger partial charge in [-0.25, -0.2) is 0 Å². The van der Waals surface area contributed by atoms with E-state index in [2.05, 4.69) is 15.9 Å². The predicted molar refractivity (Wildman–Crippen MR) is 87.8 cm³/mol. The lowest BCUT2D eigenvalue weighted by molar-refractivity contribution is -0.141. The second kappa shape index (κ2) is 8.08. The van der Waals surface area contributed by atoms with Gasteiger partial charge in [0.05, 0.1) is 19.1 Å². The molecule has 5 nitrogen and oxygen atoms in total. The van der Waals surface area contributed by atoms with Crippen molar-refractivity contribution in [1.29, 1.82) is 0 Å². The van der Waals surface area contributed by atoms with Gasteiger partial charge in [-0.3, -0.25) is 9.59 Å². The lowest BCUT2D eigenvalue weighted by atomic mass is 10.0. The van der Waals surface area contributed by atoms with Crippen molar-refractivity contribution in [3.05, 3.63) is 20.8 Å². The van der Waals surface area contributed by atoms with Crippen LogP contribution in [0.5, 0.6) is 0 Å². The molecule has 1 fully saturated rings. The van der Waals surface area contributed by atoms with E-state index in [1.807, 2.05) is 11.4 Å². The van der Waals surface area contributed by atoms with Crippen LogP contribution in [0, 0.1) is 11.8 Å². The largest absolute Gasteiger partial charge is 0.481 e. The standard InChI is InChI=1S/C15H20BrNO4S/c1-21-6-5-17(9-13-12(16)4-7-22-13)14(18)10-2-3-11(8-10)15(19)20/h4,7,10-11H,2-3,5-6,8-9H2,1H3,(H,19,20)/t10-,11+/m1/s1. The van der Waals surface area contributed by atoms with Crippen LogP contribution in [0.15, 0.2) is 15.9 Å². The molecule has 1 aliphatic rings. The first-order valence-corrected chi connectivity index (χ1v) is 8.92. The smallest absolute Gasteiger partial charge is 0.306 e. The maximum atomic E-state index is 12.7. The Morgan fingerprint density at radius 1 is 1.45 bits per heavy atom. The molecular formula is C15H20BrNO4S. The molecule has 2 atom stereocenters. The van der Waals surface area contributed by atoms with Crippen molar-refractivity contribution in [2.24, 2.45) is 11.8 Å². The van der Waals surface area contributed by atoms with Crippen LogP contribution in [0.25, 0.3) is 0 Å². The summed E-state index contributed by atoms with van der Waals surface area (Å²) in [7, 11) is 1.61. The summed E-state index contributed by atoms with van der Waals surface area (Å²) in [5.41, 5.74) is 0. The van der Waals surface area contributed by atoms with E-state index in [0.29, 0.717) is 39.0 Å². The number of hydrogen-bond acceptors (Lipinski definition) is 4. The van der Waals surface area contributed by atoms with Gasteiger partial charge < -0.3 is 14.7 Å². The third kappa shape index (κ3) is 4.30. The summed E-state index contributed by atoms with van der Waals surface area (Å²) in [4.78, 5) is 26.7. The Labute approximate surface area is 142 Å². The lowest BCUT2D eigenvalue weighted by Gasteiger charge is -2.25. The third-order valence-electron chi connectivity index (χ3n) is 4.03. The SMILES string of the molecule is COCCN(Cc1sccc1Br)C(=O)[C@@H]1CC[C@H](C(=O)O)C1. The van der Waals surface area contributed by atoms with E-state index in [4.69, 9.17) is 9.84 Å². The van der Waals surface area contributed by atoms with Gasteiger partial charge in [-0.15, -0.1) is 11.3 Å². The molecule has 1 aromatic rings. The van der Waals surface area contributed by atoms with Gasteiger partial charge in [0, 0.05) is 28.9 Å². The van der Waals surface area contributed by atoms with Gasteiger partial charge in [0.2, 0.25) is 5.91 Å². The Morgan fingerprint density at radius 3 is 2.73 bits per heavy atom. The van der Waals surface area contributed by atoms with Crippen LogP contribution in [0.1, 0.15) is 24.1 Å². The highest BCUT2D eigenvalue weighted by Crippen LogP contribution is 2.33. The number of carbonyl (C=O) groups excluding carboxylic acids is 1. The van der Waals surface area contributed by atoms with Gasteiger partial charge >= 0.3 is 5.97 Å². The third-order valence-corrected chi connectivity index (χ3v) is 5.94. The van der Waals surface area contributed by atoms with E-state index >= 15 is 0 Å². The van der Waals surface area contributed by atoms with Crippen molar-refractivity contribution in [2.45, 2.75) is 25.8 Å². The molecule has 1 N–H and O–H groups in total. The quantitative estimate of drug-likeness (QED) is 0.778. The van der Waals surface area contributed by atoms with Crippen LogP contribution in [0.3, 0.4) is 0 Å². The molecule has 0 aromatic carbocycles.